The second kappa shape index (κ2) is 5.40. The van der Waals surface area contributed by atoms with Gasteiger partial charge in [0.1, 0.15) is 11.6 Å². The van der Waals surface area contributed by atoms with Gasteiger partial charge in [0.05, 0.1) is 4.90 Å². The standard InChI is InChI=1S/C10H11F2N5S/c1-17-10(14-15-16-17)18-9-7(11)4-6(2-3-13)5-8(9)12/h4-5H,2-3,13H2,1H3. The highest BCUT2D eigenvalue weighted by atomic mass is 32.2. The van der Waals surface area contributed by atoms with Crippen molar-refractivity contribution < 1.29 is 8.78 Å². The van der Waals surface area contributed by atoms with Crippen molar-refractivity contribution in [2.75, 3.05) is 6.54 Å². The molecule has 18 heavy (non-hydrogen) atoms. The normalized spacial score (nSPS) is 10.9. The fourth-order valence-corrected chi connectivity index (χ4v) is 2.16. The van der Waals surface area contributed by atoms with Crippen LogP contribution in [0.2, 0.25) is 0 Å². The summed E-state index contributed by atoms with van der Waals surface area (Å²) < 4.78 is 28.9. The number of hydrogen-bond acceptors (Lipinski definition) is 5. The summed E-state index contributed by atoms with van der Waals surface area (Å²) in [7, 11) is 1.60. The van der Waals surface area contributed by atoms with Gasteiger partial charge >= 0.3 is 0 Å². The van der Waals surface area contributed by atoms with Crippen LogP contribution in [0.25, 0.3) is 0 Å². The maximum Gasteiger partial charge on any atom is 0.214 e. The average Bonchev–Trinajstić information content (AvgIpc) is 2.70. The number of hydrogen-bond donors (Lipinski definition) is 1. The Labute approximate surface area is 106 Å². The van der Waals surface area contributed by atoms with Crippen LogP contribution in [0.4, 0.5) is 8.78 Å². The molecular formula is C10H11F2N5S. The van der Waals surface area contributed by atoms with Crippen molar-refractivity contribution in [1.82, 2.24) is 20.2 Å². The number of nitrogens with two attached hydrogens (primary N) is 1. The Morgan fingerprint density at radius 3 is 2.50 bits per heavy atom. The third kappa shape index (κ3) is 2.65. The molecule has 0 fully saturated rings. The first-order valence-electron chi connectivity index (χ1n) is 5.20. The van der Waals surface area contributed by atoms with Gasteiger partial charge in [-0.2, -0.15) is 0 Å². The number of aryl methyl sites for hydroxylation is 1. The van der Waals surface area contributed by atoms with Crippen LogP contribution in [-0.2, 0) is 13.5 Å². The molecule has 0 saturated heterocycles. The van der Waals surface area contributed by atoms with E-state index in [0.29, 0.717) is 23.7 Å². The lowest BCUT2D eigenvalue weighted by Gasteiger charge is -2.06. The molecule has 5 nitrogen and oxygen atoms in total. The molecule has 0 atom stereocenters. The summed E-state index contributed by atoms with van der Waals surface area (Å²) in [5.74, 6) is -1.27. The minimum Gasteiger partial charge on any atom is -0.330 e. The Morgan fingerprint density at radius 1 is 1.33 bits per heavy atom. The van der Waals surface area contributed by atoms with Crippen molar-refractivity contribution in [3.8, 4) is 0 Å². The zero-order valence-corrected chi connectivity index (χ0v) is 10.4. The monoisotopic (exact) mass is 271 g/mol. The van der Waals surface area contributed by atoms with Crippen LogP contribution in [0, 0.1) is 11.6 Å². The van der Waals surface area contributed by atoms with Crippen molar-refractivity contribution in [1.29, 1.82) is 0 Å². The van der Waals surface area contributed by atoms with E-state index in [0.717, 1.165) is 11.8 Å². The molecular weight excluding hydrogens is 260 g/mol. The van der Waals surface area contributed by atoms with Gasteiger partial charge in [0, 0.05) is 7.05 Å². The van der Waals surface area contributed by atoms with Crippen molar-refractivity contribution in [3.63, 3.8) is 0 Å². The van der Waals surface area contributed by atoms with Crippen molar-refractivity contribution in [2.24, 2.45) is 12.8 Å². The largest absolute Gasteiger partial charge is 0.330 e. The summed E-state index contributed by atoms with van der Waals surface area (Å²) in [6, 6.07) is 2.56. The summed E-state index contributed by atoms with van der Waals surface area (Å²) in [6.07, 6.45) is 0.435. The number of tetrazole rings is 1. The van der Waals surface area contributed by atoms with Crippen LogP contribution in [0.5, 0.6) is 0 Å². The molecule has 0 aliphatic heterocycles. The topological polar surface area (TPSA) is 69.6 Å². The Morgan fingerprint density at radius 2 is 2.00 bits per heavy atom. The van der Waals surface area contributed by atoms with Crippen LogP contribution in [0.1, 0.15) is 5.56 Å². The molecule has 0 amide bonds. The summed E-state index contributed by atoms with van der Waals surface area (Å²) >= 11 is 0.847. The minimum absolute atomic E-state index is 0.117. The predicted molar refractivity (Wildman–Crippen MR) is 62.0 cm³/mol. The molecule has 0 saturated carbocycles. The lowest BCUT2D eigenvalue weighted by molar-refractivity contribution is 0.536. The third-order valence-electron chi connectivity index (χ3n) is 2.27. The molecule has 2 aromatic rings. The number of benzene rings is 1. The number of nitrogens with zero attached hydrogens (tertiary/aromatic N) is 4. The molecule has 0 aliphatic rings. The van der Waals surface area contributed by atoms with Crippen molar-refractivity contribution >= 4 is 11.8 Å². The van der Waals surface area contributed by atoms with Gasteiger partial charge in [-0.15, -0.1) is 5.10 Å². The predicted octanol–water partition coefficient (Wildman–Crippen LogP) is 1.14. The van der Waals surface area contributed by atoms with Gasteiger partial charge in [-0.1, -0.05) is 0 Å². The first kappa shape index (κ1) is 12.9. The fraction of sp³-hybridized carbons (Fsp3) is 0.300. The van der Waals surface area contributed by atoms with E-state index in [1.165, 1.54) is 16.8 Å². The lowest BCUT2D eigenvalue weighted by Crippen LogP contribution is -2.04. The second-order valence-corrected chi connectivity index (χ2v) is 4.59. The highest BCUT2D eigenvalue weighted by molar-refractivity contribution is 7.99. The summed E-state index contributed by atoms with van der Waals surface area (Å²) in [5.41, 5.74) is 5.88. The Bertz CT molecular complexity index is 534. The molecule has 2 N–H and O–H groups in total. The van der Waals surface area contributed by atoms with E-state index in [9.17, 15) is 8.78 Å². The molecule has 1 aromatic carbocycles. The summed E-state index contributed by atoms with van der Waals surface area (Å²) in [4.78, 5) is -0.117. The van der Waals surface area contributed by atoms with Crippen LogP contribution in [0.3, 0.4) is 0 Å². The van der Waals surface area contributed by atoms with E-state index in [2.05, 4.69) is 15.5 Å². The van der Waals surface area contributed by atoms with Crippen LogP contribution < -0.4 is 5.73 Å². The number of halogens is 2. The second-order valence-electron chi connectivity index (χ2n) is 3.61. The average molecular weight is 271 g/mol. The lowest BCUT2D eigenvalue weighted by atomic mass is 10.1. The van der Waals surface area contributed by atoms with E-state index in [1.54, 1.807) is 7.05 Å². The van der Waals surface area contributed by atoms with E-state index in [4.69, 9.17) is 5.73 Å². The Kier molecular flexibility index (Phi) is 3.87. The SMILES string of the molecule is Cn1nnnc1Sc1c(F)cc(CCN)cc1F. The molecule has 0 aliphatic carbocycles. The van der Waals surface area contributed by atoms with E-state index >= 15 is 0 Å². The fourth-order valence-electron chi connectivity index (χ4n) is 1.42. The van der Waals surface area contributed by atoms with E-state index < -0.39 is 11.6 Å². The molecule has 1 aromatic heterocycles. The molecule has 0 unspecified atom stereocenters. The molecule has 0 spiro atoms. The van der Waals surface area contributed by atoms with Gasteiger partial charge in [0.25, 0.3) is 0 Å². The molecule has 8 heteroatoms. The van der Waals surface area contributed by atoms with E-state index in [1.807, 2.05) is 0 Å². The van der Waals surface area contributed by atoms with E-state index in [-0.39, 0.29) is 4.90 Å². The number of aromatic nitrogens is 4. The molecule has 0 bridgehead atoms. The van der Waals surface area contributed by atoms with Crippen LogP contribution in [0.15, 0.2) is 22.2 Å². The smallest absolute Gasteiger partial charge is 0.214 e. The molecule has 96 valence electrons. The molecule has 2 rings (SSSR count). The van der Waals surface area contributed by atoms with Gasteiger partial charge in [-0.3, -0.25) is 0 Å². The molecule has 0 radical (unpaired) electrons. The highest BCUT2D eigenvalue weighted by Crippen LogP contribution is 2.30. The number of rotatable bonds is 4. The van der Waals surface area contributed by atoms with Gasteiger partial charge < -0.3 is 5.73 Å². The van der Waals surface area contributed by atoms with Gasteiger partial charge in [-0.25, -0.2) is 13.5 Å². The third-order valence-corrected chi connectivity index (χ3v) is 3.39. The maximum atomic E-state index is 13.8. The zero-order chi connectivity index (χ0) is 13.1. The zero-order valence-electron chi connectivity index (χ0n) is 9.60. The first-order chi connectivity index (χ1) is 8.61. The molecule has 1 heterocycles. The Balaban J connectivity index is 2.31. The summed E-state index contributed by atoms with van der Waals surface area (Å²) in [5, 5.41) is 11.0. The van der Waals surface area contributed by atoms with Gasteiger partial charge in [0.2, 0.25) is 5.16 Å². The summed E-state index contributed by atoms with van der Waals surface area (Å²) in [6.45, 7) is 0.346. The van der Waals surface area contributed by atoms with Gasteiger partial charge in [-0.05, 0) is 52.9 Å². The first-order valence-corrected chi connectivity index (χ1v) is 6.01. The van der Waals surface area contributed by atoms with Crippen molar-refractivity contribution in [2.45, 2.75) is 16.5 Å². The van der Waals surface area contributed by atoms with Crippen LogP contribution in [-0.4, -0.2) is 26.8 Å². The highest BCUT2D eigenvalue weighted by Gasteiger charge is 2.15. The Hall–Kier alpha value is -1.54. The van der Waals surface area contributed by atoms with Crippen molar-refractivity contribution in [3.05, 3.63) is 29.3 Å². The maximum absolute atomic E-state index is 13.8. The van der Waals surface area contributed by atoms with Crippen LogP contribution >= 0.6 is 11.8 Å². The van der Waals surface area contributed by atoms with Gasteiger partial charge in [0.15, 0.2) is 0 Å². The quantitative estimate of drug-likeness (QED) is 0.903. The minimum atomic E-state index is -0.633.